The number of halogens is 3. The molecule has 0 fully saturated rings. The van der Waals surface area contributed by atoms with E-state index in [9.17, 15) is 13.2 Å². The first-order valence-corrected chi connectivity index (χ1v) is 5.73. The van der Waals surface area contributed by atoms with Gasteiger partial charge in [0, 0.05) is 18.9 Å². The van der Waals surface area contributed by atoms with E-state index in [0.29, 0.717) is 6.61 Å². The first-order chi connectivity index (χ1) is 9.40. The molecule has 0 saturated carbocycles. The lowest BCUT2D eigenvalue weighted by atomic mass is 10.3. The highest BCUT2D eigenvalue weighted by molar-refractivity contribution is 5.37. The minimum absolute atomic E-state index is 0.127. The molecule has 0 aliphatic carbocycles. The summed E-state index contributed by atoms with van der Waals surface area (Å²) in [5.41, 5.74) is 4.73. The summed E-state index contributed by atoms with van der Waals surface area (Å²) in [5, 5.41) is 3.63. The number of anilines is 1. The third-order valence-corrected chi connectivity index (χ3v) is 2.36. The van der Waals surface area contributed by atoms with Crippen LogP contribution in [-0.2, 0) is 17.5 Å². The van der Waals surface area contributed by atoms with Crippen molar-refractivity contribution >= 4 is 5.82 Å². The van der Waals surface area contributed by atoms with E-state index in [1.165, 1.54) is 6.07 Å². The van der Waals surface area contributed by atoms with Crippen LogP contribution in [0.3, 0.4) is 0 Å². The molecule has 2 aromatic heterocycles. The number of hydrogen-bond donors (Lipinski definition) is 1. The van der Waals surface area contributed by atoms with Crippen molar-refractivity contribution in [1.82, 2.24) is 19.7 Å². The molecule has 108 valence electrons. The van der Waals surface area contributed by atoms with Crippen molar-refractivity contribution in [3.05, 3.63) is 29.8 Å². The number of nitrogen functional groups attached to an aromatic ring is 1. The zero-order valence-corrected chi connectivity index (χ0v) is 10.6. The monoisotopic (exact) mass is 287 g/mol. The topological polar surface area (TPSA) is 78.9 Å². The Morgan fingerprint density at radius 1 is 1.35 bits per heavy atom. The Hall–Kier alpha value is -2.16. The summed E-state index contributed by atoms with van der Waals surface area (Å²) in [6.07, 6.45) is -2.89. The summed E-state index contributed by atoms with van der Waals surface area (Å²) in [6.45, 7) is 2.39. The first kappa shape index (κ1) is 14.3. The van der Waals surface area contributed by atoms with Gasteiger partial charge in [0.25, 0.3) is 0 Å². The zero-order chi connectivity index (χ0) is 14.8. The van der Waals surface area contributed by atoms with E-state index in [1.54, 1.807) is 6.92 Å². The molecule has 20 heavy (non-hydrogen) atoms. The summed E-state index contributed by atoms with van der Waals surface area (Å²) in [7, 11) is 0. The minimum Gasteiger partial charge on any atom is -0.384 e. The number of alkyl halides is 3. The number of nitrogens with zero attached hydrogens (tertiary/aromatic N) is 4. The molecule has 0 aliphatic rings. The number of nitrogens with two attached hydrogens (primary N) is 1. The average molecular weight is 287 g/mol. The van der Waals surface area contributed by atoms with Crippen molar-refractivity contribution in [1.29, 1.82) is 0 Å². The Balaban J connectivity index is 2.32. The van der Waals surface area contributed by atoms with Gasteiger partial charge in [0.05, 0.1) is 11.8 Å². The van der Waals surface area contributed by atoms with Crippen LogP contribution in [-0.4, -0.2) is 26.4 Å². The Morgan fingerprint density at radius 3 is 2.70 bits per heavy atom. The second-order valence-electron chi connectivity index (χ2n) is 3.88. The van der Waals surface area contributed by atoms with Crippen molar-refractivity contribution < 1.29 is 17.9 Å². The van der Waals surface area contributed by atoms with Gasteiger partial charge in [-0.1, -0.05) is 0 Å². The lowest BCUT2D eigenvalue weighted by Crippen LogP contribution is -2.08. The molecule has 0 aliphatic heterocycles. The van der Waals surface area contributed by atoms with Crippen LogP contribution >= 0.6 is 0 Å². The van der Waals surface area contributed by atoms with Crippen LogP contribution in [0.15, 0.2) is 18.5 Å². The Morgan fingerprint density at radius 2 is 2.10 bits per heavy atom. The van der Waals surface area contributed by atoms with Crippen LogP contribution in [0.5, 0.6) is 0 Å². The molecule has 0 spiro atoms. The molecular weight excluding hydrogens is 275 g/mol. The van der Waals surface area contributed by atoms with Crippen molar-refractivity contribution in [2.24, 2.45) is 0 Å². The molecule has 0 aromatic carbocycles. The summed E-state index contributed by atoms with van der Waals surface area (Å²) >= 11 is 0. The van der Waals surface area contributed by atoms with E-state index in [2.05, 4.69) is 15.1 Å². The fraction of sp³-hybridized carbons (Fsp3) is 0.364. The average Bonchev–Trinajstić information content (AvgIpc) is 2.85. The van der Waals surface area contributed by atoms with Crippen LogP contribution in [0.4, 0.5) is 19.0 Å². The predicted molar refractivity (Wildman–Crippen MR) is 63.9 cm³/mol. The second-order valence-corrected chi connectivity index (χ2v) is 3.88. The molecule has 2 N–H and O–H groups in total. The van der Waals surface area contributed by atoms with E-state index < -0.39 is 11.7 Å². The highest BCUT2D eigenvalue weighted by Gasteiger charge is 2.32. The summed E-state index contributed by atoms with van der Waals surface area (Å²) in [4.78, 5) is 7.98. The highest BCUT2D eigenvalue weighted by Crippen LogP contribution is 2.29. The van der Waals surface area contributed by atoms with Crippen LogP contribution in [0.1, 0.15) is 18.3 Å². The molecule has 0 saturated heterocycles. The van der Waals surface area contributed by atoms with Gasteiger partial charge < -0.3 is 10.5 Å². The lowest BCUT2D eigenvalue weighted by molar-refractivity contribution is -0.137. The molecule has 0 amide bonds. The van der Waals surface area contributed by atoms with Gasteiger partial charge in [0.2, 0.25) is 0 Å². The third kappa shape index (κ3) is 3.23. The van der Waals surface area contributed by atoms with Crippen molar-refractivity contribution in [2.45, 2.75) is 19.7 Å². The van der Waals surface area contributed by atoms with Crippen molar-refractivity contribution in [3.63, 3.8) is 0 Å². The van der Waals surface area contributed by atoms with E-state index in [0.717, 1.165) is 17.1 Å². The van der Waals surface area contributed by atoms with Gasteiger partial charge in [0.15, 0.2) is 11.6 Å². The molecule has 0 radical (unpaired) electrons. The van der Waals surface area contributed by atoms with E-state index in [1.807, 2.05) is 0 Å². The van der Waals surface area contributed by atoms with Gasteiger partial charge in [-0.2, -0.15) is 18.3 Å². The zero-order valence-electron chi connectivity index (χ0n) is 10.6. The van der Waals surface area contributed by atoms with Gasteiger partial charge in [0.1, 0.15) is 12.4 Å². The molecule has 6 nitrogen and oxygen atoms in total. The predicted octanol–water partition coefficient (Wildman–Crippen LogP) is 1.80. The van der Waals surface area contributed by atoms with Gasteiger partial charge >= 0.3 is 6.18 Å². The standard InChI is InChI=1S/C11H12F3N5O/c1-2-20-6-9-17-8(15)3-10(18-9)19-5-7(4-16-19)11(12,13)14/h3-5H,2,6H2,1H3,(H2,15,17,18). The van der Waals surface area contributed by atoms with E-state index >= 15 is 0 Å². The number of ether oxygens (including phenoxy) is 1. The highest BCUT2D eigenvalue weighted by atomic mass is 19.4. The maximum Gasteiger partial charge on any atom is 0.419 e. The SMILES string of the molecule is CCOCc1nc(N)cc(-n2cc(C(F)(F)F)cn2)n1. The third-order valence-electron chi connectivity index (χ3n) is 2.36. The van der Waals surface area contributed by atoms with Gasteiger partial charge in [-0.15, -0.1) is 0 Å². The summed E-state index contributed by atoms with van der Waals surface area (Å²) < 4.78 is 43.7. The largest absolute Gasteiger partial charge is 0.419 e. The Bertz CT molecular complexity index is 596. The van der Waals surface area contributed by atoms with E-state index in [4.69, 9.17) is 10.5 Å². The fourth-order valence-electron chi connectivity index (χ4n) is 1.47. The Kier molecular flexibility index (Phi) is 3.89. The Labute approximate surface area is 112 Å². The number of rotatable bonds is 4. The molecule has 9 heteroatoms. The smallest absolute Gasteiger partial charge is 0.384 e. The van der Waals surface area contributed by atoms with Crippen LogP contribution < -0.4 is 5.73 Å². The quantitative estimate of drug-likeness (QED) is 0.927. The molecule has 2 rings (SSSR count). The molecule has 0 bridgehead atoms. The van der Waals surface area contributed by atoms with Gasteiger partial charge in [-0.25, -0.2) is 14.6 Å². The normalized spacial score (nSPS) is 11.8. The second kappa shape index (κ2) is 5.45. The van der Waals surface area contributed by atoms with E-state index in [-0.39, 0.29) is 24.1 Å². The molecule has 2 aromatic rings. The van der Waals surface area contributed by atoms with Crippen molar-refractivity contribution in [2.75, 3.05) is 12.3 Å². The molecule has 2 heterocycles. The first-order valence-electron chi connectivity index (χ1n) is 5.73. The number of hydrogen-bond acceptors (Lipinski definition) is 5. The lowest BCUT2D eigenvalue weighted by Gasteiger charge is -2.06. The maximum atomic E-state index is 12.5. The summed E-state index contributed by atoms with van der Waals surface area (Å²) in [6, 6.07) is 1.34. The fourth-order valence-corrected chi connectivity index (χ4v) is 1.47. The van der Waals surface area contributed by atoms with Crippen LogP contribution in [0.25, 0.3) is 5.82 Å². The molecular formula is C11H12F3N5O. The van der Waals surface area contributed by atoms with Gasteiger partial charge in [-0.3, -0.25) is 0 Å². The van der Waals surface area contributed by atoms with Crippen LogP contribution in [0.2, 0.25) is 0 Å². The molecule has 0 atom stereocenters. The number of aromatic nitrogens is 4. The van der Waals surface area contributed by atoms with Crippen molar-refractivity contribution in [3.8, 4) is 5.82 Å². The van der Waals surface area contributed by atoms with Gasteiger partial charge in [-0.05, 0) is 6.92 Å². The van der Waals surface area contributed by atoms with Crippen LogP contribution in [0, 0.1) is 0 Å². The summed E-state index contributed by atoms with van der Waals surface area (Å²) in [5.74, 6) is 0.572. The maximum absolute atomic E-state index is 12.5. The minimum atomic E-state index is -4.45. The molecule has 0 unspecified atom stereocenters.